The summed E-state index contributed by atoms with van der Waals surface area (Å²) in [5.74, 6) is 0. The number of aromatic nitrogens is 2. The van der Waals surface area contributed by atoms with Gasteiger partial charge in [-0.15, -0.1) is 0 Å². The highest BCUT2D eigenvalue weighted by atomic mass is 16.1. The van der Waals surface area contributed by atoms with Crippen LogP contribution in [0.3, 0.4) is 0 Å². The van der Waals surface area contributed by atoms with Crippen LogP contribution < -0.4 is 10.9 Å². The molecular weight excluding hydrogens is 250 g/mol. The van der Waals surface area contributed by atoms with Crippen LogP contribution in [0.4, 0.5) is 0 Å². The van der Waals surface area contributed by atoms with Crippen LogP contribution in [0.25, 0.3) is 0 Å². The van der Waals surface area contributed by atoms with E-state index in [0.29, 0.717) is 6.54 Å². The molecule has 3 rings (SSSR count). The van der Waals surface area contributed by atoms with Gasteiger partial charge >= 0.3 is 0 Å². The van der Waals surface area contributed by atoms with Gasteiger partial charge in [0.05, 0.1) is 12.2 Å². The molecule has 4 nitrogen and oxygen atoms in total. The van der Waals surface area contributed by atoms with Crippen LogP contribution in [0, 0.1) is 13.8 Å². The van der Waals surface area contributed by atoms with E-state index >= 15 is 0 Å². The summed E-state index contributed by atoms with van der Waals surface area (Å²) in [4.78, 5) is 12.2. The SMILES string of the molecule is Cc1ccc(C)c(Cn2nc3c(cc2=O)CNCC3)c1. The molecule has 0 amide bonds. The minimum absolute atomic E-state index is 0.0200. The van der Waals surface area contributed by atoms with Crippen LogP contribution in [0.1, 0.15) is 27.9 Å². The Balaban J connectivity index is 1.98. The van der Waals surface area contributed by atoms with Gasteiger partial charge in [0.15, 0.2) is 0 Å². The largest absolute Gasteiger partial charge is 0.312 e. The van der Waals surface area contributed by atoms with Crippen LogP contribution in [0.2, 0.25) is 0 Å². The fourth-order valence-corrected chi connectivity index (χ4v) is 2.60. The minimum Gasteiger partial charge on any atom is -0.312 e. The predicted molar refractivity (Wildman–Crippen MR) is 78.9 cm³/mol. The monoisotopic (exact) mass is 269 g/mol. The van der Waals surface area contributed by atoms with E-state index < -0.39 is 0 Å². The smallest absolute Gasteiger partial charge is 0.267 e. The third-order valence-electron chi connectivity index (χ3n) is 3.84. The Morgan fingerprint density at radius 1 is 1.30 bits per heavy atom. The van der Waals surface area contributed by atoms with E-state index in [9.17, 15) is 4.79 Å². The summed E-state index contributed by atoms with van der Waals surface area (Å²) in [6, 6.07) is 8.04. The van der Waals surface area contributed by atoms with Crippen LogP contribution in [0.15, 0.2) is 29.1 Å². The molecule has 0 saturated heterocycles. The number of hydrogen-bond acceptors (Lipinski definition) is 3. The van der Waals surface area contributed by atoms with Gasteiger partial charge in [-0.2, -0.15) is 5.10 Å². The highest BCUT2D eigenvalue weighted by Crippen LogP contribution is 2.12. The van der Waals surface area contributed by atoms with E-state index in [-0.39, 0.29) is 5.56 Å². The summed E-state index contributed by atoms with van der Waals surface area (Å²) in [7, 11) is 0. The summed E-state index contributed by atoms with van der Waals surface area (Å²) in [5.41, 5.74) is 5.64. The Bertz CT molecular complexity index is 703. The quantitative estimate of drug-likeness (QED) is 0.900. The van der Waals surface area contributed by atoms with E-state index in [1.54, 1.807) is 10.7 Å². The maximum atomic E-state index is 12.2. The fraction of sp³-hybridized carbons (Fsp3) is 0.375. The molecule has 1 aliphatic heterocycles. The number of benzene rings is 1. The Labute approximate surface area is 118 Å². The molecule has 2 heterocycles. The molecule has 104 valence electrons. The molecule has 1 N–H and O–H groups in total. The van der Waals surface area contributed by atoms with Crippen LogP contribution in [-0.2, 0) is 19.5 Å². The average molecular weight is 269 g/mol. The van der Waals surface area contributed by atoms with Crippen molar-refractivity contribution in [3.05, 3.63) is 62.6 Å². The van der Waals surface area contributed by atoms with Gasteiger partial charge in [0.2, 0.25) is 0 Å². The molecule has 1 aromatic carbocycles. The maximum absolute atomic E-state index is 12.2. The number of fused-ring (bicyclic) bond motifs is 1. The molecule has 0 aliphatic carbocycles. The van der Waals surface area contributed by atoms with E-state index in [2.05, 4.69) is 42.5 Å². The number of aryl methyl sites for hydroxylation is 2. The number of rotatable bonds is 2. The van der Waals surface area contributed by atoms with Crippen molar-refractivity contribution in [1.82, 2.24) is 15.1 Å². The molecule has 0 fully saturated rings. The van der Waals surface area contributed by atoms with E-state index in [0.717, 1.165) is 36.3 Å². The first-order valence-corrected chi connectivity index (χ1v) is 7.00. The number of hydrogen-bond donors (Lipinski definition) is 1. The van der Waals surface area contributed by atoms with Crippen molar-refractivity contribution in [2.75, 3.05) is 6.54 Å². The lowest BCUT2D eigenvalue weighted by molar-refractivity contribution is 0.561. The van der Waals surface area contributed by atoms with Gasteiger partial charge in [0.1, 0.15) is 0 Å². The standard InChI is InChI=1S/C16H19N3O/c1-11-3-4-12(2)14(7-11)10-19-16(20)8-13-9-17-6-5-15(13)18-19/h3-4,7-8,17H,5-6,9-10H2,1-2H3. The topological polar surface area (TPSA) is 46.9 Å². The highest BCUT2D eigenvalue weighted by molar-refractivity contribution is 5.30. The zero-order valence-electron chi connectivity index (χ0n) is 11.9. The molecule has 0 saturated carbocycles. The Hall–Kier alpha value is -1.94. The molecular formula is C16H19N3O. The third kappa shape index (κ3) is 2.51. The third-order valence-corrected chi connectivity index (χ3v) is 3.84. The first-order chi connectivity index (χ1) is 9.63. The van der Waals surface area contributed by atoms with Gasteiger partial charge in [0, 0.05) is 25.6 Å². The van der Waals surface area contributed by atoms with Crippen LogP contribution in [0.5, 0.6) is 0 Å². The molecule has 0 bridgehead atoms. The average Bonchev–Trinajstić information content (AvgIpc) is 2.43. The molecule has 2 aromatic rings. The summed E-state index contributed by atoms with van der Waals surface area (Å²) >= 11 is 0. The van der Waals surface area contributed by atoms with E-state index in [1.807, 2.05) is 0 Å². The molecule has 20 heavy (non-hydrogen) atoms. The Kier molecular flexibility index (Phi) is 3.40. The summed E-state index contributed by atoms with van der Waals surface area (Å²) < 4.78 is 1.59. The molecule has 0 unspecified atom stereocenters. The lowest BCUT2D eigenvalue weighted by Crippen LogP contribution is -2.32. The van der Waals surface area contributed by atoms with Crippen molar-refractivity contribution in [3.8, 4) is 0 Å². The molecule has 4 heteroatoms. The van der Waals surface area contributed by atoms with Crippen molar-refractivity contribution in [2.24, 2.45) is 0 Å². The minimum atomic E-state index is -0.0200. The second kappa shape index (κ2) is 5.21. The van der Waals surface area contributed by atoms with E-state index in [4.69, 9.17) is 0 Å². The second-order valence-corrected chi connectivity index (χ2v) is 5.47. The summed E-state index contributed by atoms with van der Waals surface area (Å²) in [6.07, 6.45) is 0.891. The summed E-state index contributed by atoms with van der Waals surface area (Å²) in [6.45, 7) is 6.37. The number of nitrogens with zero attached hydrogens (tertiary/aromatic N) is 2. The predicted octanol–water partition coefficient (Wildman–Crippen LogP) is 1.55. The van der Waals surface area contributed by atoms with Crippen LogP contribution >= 0.6 is 0 Å². The molecule has 0 atom stereocenters. The Morgan fingerprint density at radius 3 is 3.00 bits per heavy atom. The van der Waals surface area contributed by atoms with Gasteiger partial charge in [0.25, 0.3) is 5.56 Å². The van der Waals surface area contributed by atoms with Gasteiger partial charge in [-0.05, 0) is 30.5 Å². The number of nitrogens with one attached hydrogen (secondary N) is 1. The summed E-state index contributed by atoms with van der Waals surface area (Å²) in [5, 5.41) is 7.81. The Morgan fingerprint density at radius 2 is 2.15 bits per heavy atom. The van der Waals surface area contributed by atoms with E-state index in [1.165, 1.54) is 11.1 Å². The van der Waals surface area contributed by atoms with Gasteiger partial charge in [-0.25, -0.2) is 4.68 Å². The van der Waals surface area contributed by atoms with Crippen molar-refractivity contribution in [3.63, 3.8) is 0 Å². The molecule has 1 aliphatic rings. The first kappa shape index (κ1) is 13.1. The van der Waals surface area contributed by atoms with Crippen molar-refractivity contribution < 1.29 is 0 Å². The molecule has 1 aromatic heterocycles. The van der Waals surface area contributed by atoms with Crippen molar-refractivity contribution in [1.29, 1.82) is 0 Å². The zero-order chi connectivity index (χ0) is 14.1. The van der Waals surface area contributed by atoms with Gasteiger partial charge in [-0.3, -0.25) is 4.79 Å². The fourth-order valence-electron chi connectivity index (χ4n) is 2.60. The van der Waals surface area contributed by atoms with Gasteiger partial charge in [-0.1, -0.05) is 23.8 Å². The van der Waals surface area contributed by atoms with Crippen molar-refractivity contribution in [2.45, 2.75) is 33.4 Å². The highest BCUT2D eigenvalue weighted by Gasteiger charge is 2.13. The lowest BCUT2D eigenvalue weighted by Gasteiger charge is -2.17. The normalized spacial score (nSPS) is 14.1. The lowest BCUT2D eigenvalue weighted by atomic mass is 10.1. The zero-order valence-corrected chi connectivity index (χ0v) is 11.9. The maximum Gasteiger partial charge on any atom is 0.267 e. The van der Waals surface area contributed by atoms with Crippen LogP contribution in [-0.4, -0.2) is 16.3 Å². The second-order valence-electron chi connectivity index (χ2n) is 5.47. The van der Waals surface area contributed by atoms with Gasteiger partial charge < -0.3 is 5.32 Å². The first-order valence-electron chi connectivity index (χ1n) is 7.00. The molecule has 0 radical (unpaired) electrons. The molecule has 0 spiro atoms. The van der Waals surface area contributed by atoms with Crippen molar-refractivity contribution >= 4 is 0 Å².